The van der Waals surface area contributed by atoms with Crippen LogP contribution in [0.1, 0.15) is 19.4 Å². The minimum Gasteiger partial charge on any atom is -0.389 e. The fourth-order valence-corrected chi connectivity index (χ4v) is 3.60. The van der Waals surface area contributed by atoms with Crippen molar-refractivity contribution in [3.63, 3.8) is 0 Å². The molecule has 0 amide bonds. The quantitative estimate of drug-likeness (QED) is 0.793. The molecule has 0 bridgehead atoms. The van der Waals surface area contributed by atoms with Crippen LogP contribution < -0.4 is 5.73 Å². The van der Waals surface area contributed by atoms with Crippen LogP contribution in [0.3, 0.4) is 0 Å². The van der Waals surface area contributed by atoms with Gasteiger partial charge in [0, 0.05) is 19.2 Å². The summed E-state index contributed by atoms with van der Waals surface area (Å²) in [5, 5.41) is 9.81. The molecule has 1 aromatic carbocycles. The lowest BCUT2D eigenvalue weighted by atomic mass is 10.1. The van der Waals surface area contributed by atoms with Crippen LogP contribution in [0.25, 0.3) is 0 Å². The van der Waals surface area contributed by atoms with Crippen LogP contribution >= 0.6 is 23.8 Å². The number of benzene rings is 1. The topological polar surface area (TPSA) is 83.6 Å². The maximum absolute atomic E-state index is 12.5. The summed E-state index contributed by atoms with van der Waals surface area (Å²) in [6.07, 6.45) is 0. The van der Waals surface area contributed by atoms with Crippen LogP contribution in [0.15, 0.2) is 23.1 Å². The van der Waals surface area contributed by atoms with E-state index >= 15 is 0 Å². The number of likely N-dealkylation sites (N-methyl/N-ethyl adjacent to an activating group) is 1. The summed E-state index contributed by atoms with van der Waals surface area (Å²) in [6, 6.07) is 4.32. The molecule has 5 nitrogen and oxygen atoms in total. The van der Waals surface area contributed by atoms with E-state index in [-0.39, 0.29) is 21.5 Å². The van der Waals surface area contributed by atoms with E-state index < -0.39 is 15.6 Å². The zero-order chi connectivity index (χ0) is 15.7. The van der Waals surface area contributed by atoms with Crippen molar-refractivity contribution in [2.75, 3.05) is 13.6 Å². The first-order chi connectivity index (χ1) is 8.95. The summed E-state index contributed by atoms with van der Waals surface area (Å²) >= 11 is 10.8. The van der Waals surface area contributed by atoms with E-state index in [0.717, 1.165) is 4.31 Å². The second-order valence-electron chi connectivity index (χ2n) is 5.08. The smallest absolute Gasteiger partial charge is 0.244 e. The van der Waals surface area contributed by atoms with Gasteiger partial charge in [-0.1, -0.05) is 29.9 Å². The van der Waals surface area contributed by atoms with Gasteiger partial charge in [-0.2, -0.15) is 4.31 Å². The van der Waals surface area contributed by atoms with E-state index in [2.05, 4.69) is 0 Å². The van der Waals surface area contributed by atoms with Gasteiger partial charge < -0.3 is 10.8 Å². The molecule has 0 radical (unpaired) electrons. The Labute approximate surface area is 129 Å². The molecule has 0 saturated carbocycles. The Morgan fingerprint density at radius 3 is 2.50 bits per heavy atom. The maximum atomic E-state index is 12.5. The molecule has 0 fully saturated rings. The molecule has 0 aliphatic carbocycles. The van der Waals surface area contributed by atoms with E-state index in [1.807, 2.05) is 0 Å². The summed E-state index contributed by atoms with van der Waals surface area (Å²) in [5.41, 5.74) is 4.75. The number of sulfonamides is 1. The Kier molecular flexibility index (Phi) is 5.15. The van der Waals surface area contributed by atoms with Gasteiger partial charge in [-0.15, -0.1) is 0 Å². The Morgan fingerprint density at radius 2 is 2.05 bits per heavy atom. The molecule has 0 aliphatic rings. The minimum absolute atomic E-state index is 0.0665. The lowest BCUT2D eigenvalue weighted by molar-refractivity contribution is 0.0640. The van der Waals surface area contributed by atoms with Crippen molar-refractivity contribution < 1.29 is 13.5 Å². The van der Waals surface area contributed by atoms with Gasteiger partial charge in [-0.05, 0) is 26.0 Å². The molecule has 0 unspecified atom stereocenters. The molecular weight excluding hydrogens is 320 g/mol. The summed E-state index contributed by atoms with van der Waals surface area (Å²) in [5.74, 6) is 0. The molecule has 0 aromatic heterocycles. The normalized spacial score (nSPS) is 12.7. The molecule has 0 heterocycles. The summed E-state index contributed by atoms with van der Waals surface area (Å²) in [7, 11) is -2.46. The number of rotatable bonds is 5. The highest BCUT2D eigenvalue weighted by molar-refractivity contribution is 7.89. The molecule has 20 heavy (non-hydrogen) atoms. The SMILES string of the molecule is CN(CC(C)(C)O)S(=O)(=O)c1cc(C(N)=S)ccc1Cl. The highest BCUT2D eigenvalue weighted by Gasteiger charge is 2.28. The molecule has 0 saturated heterocycles. The van der Waals surface area contributed by atoms with E-state index in [1.165, 1.54) is 33.0 Å². The number of nitrogens with zero attached hydrogens (tertiary/aromatic N) is 1. The number of hydrogen-bond acceptors (Lipinski definition) is 4. The molecule has 0 spiro atoms. The second-order valence-corrected chi connectivity index (χ2v) is 7.94. The molecule has 1 rings (SSSR count). The zero-order valence-corrected chi connectivity index (χ0v) is 13.8. The lowest BCUT2D eigenvalue weighted by Crippen LogP contribution is -2.39. The largest absolute Gasteiger partial charge is 0.389 e. The van der Waals surface area contributed by atoms with Gasteiger partial charge in [-0.25, -0.2) is 8.42 Å². The first kappa shape index (κ1) is 17.3. The van der Waals surface area contributed by atoms with E-state index in [9.17, 15) is 13.5 Å². The van der Waals surface area contributed by atoms with Crippen molar-refractivity contribution in [1.29, 1.82) is 0 Å². The fourth-order valence-electron chi connectivity index (χ4n) is 1.65. The second kappa shape index (κ2) is 5.95. The zero-order valence-electron chi connectivity index (χ0n) is 11.4. The third-order valence-corrected chi connectivity index (χ3v) is 5.03. The van der Waals surface area contributed by atoms with Crippen LogP contribution in [0.4, 0.5) is 0 Å². The average molecular weight is 337 g/mol. The van der Waals surface area contributed by atoms with Crippen molar-refractivity contribution in [3.8, 4) is 0 Å². The Bertz CT molecular complexity index is 624. The van der Waals surface area contributed by atoms with Gasteiger partial charge >= 0.3 is 0 Å². The molecule has 3 N–H and O–H groups in total. The Hall–Kier alpha value is -0.730. The first-order valence-corrected chi connectivity index (χ1v) is 7.96. The number of halogens is 1. The summed E-state index contributed by atoms with van der Waals surface area (Å²) < 4.78 is 25.9. The van der Waals surface area contributed by atoms with Crippen LogP contribution in [0, 0.1) is 0 Å². The molecule has 1 aromatic rings. The number of thiocarbonyl (C=S) groups is 1. The van der Waals surface area contributed by atoms with Gasteiger partial charge in [0.25, 0.3) is 0 Å². The van der Waals surface area contributed by atoms with Crippen molar-refractivity contribution in [2.24, 2.45) is 5.73 Å². The van der Waals surface area contributed by atoms with Crippen LogP contribution in [0.5, 0.6) is 0 Å². The monoisotopic (exact) mass is 336 g/mol. The van der Waals surface area contributed by atoms with Crippen molar-refractivity contribution in [1.82, 2.24) is 4.31 Å². The molecule has 0 aliphatic heterocycles. The van der Waals surface area contributed by atoms with Gasteiger partial charge in [0.1, 0.15) is 9.88 Å². The Balaban J connectivity index is 3.28. The third-order valence-electron chi connectivity index (χ3n) is 2.51. The van der Waals surface area contributed by atoms with Crippen LogP contribution in [-0.2, 0) is 10.0 Å². The third kappa shape index (κ3) is 4.13. The number of hydrogen-bond donors (Lipinski definition) is 2. The average Bonchev–Trinajstić information content (AvgIpc) is 2.26. The van der Waals surface area contributed by atoms with Crippen molar-refractivity contribution in [2.45, 2.75) is 24.3 Å². The number of nitrogens with two attached hydrogens (primary N) is 1. The molecule has 8 heteroatoms. The lowest BCUT2D eigenvalue weighted by Gasteiger charge is -2.25. The van der Waals surface area contributed by atoms with Crippen molar-refractivity contribution >= 4 is 38.8 Å². The highest BCUT2D eigenvalue weighted by Crippen LogP contribution is 2.26. The predicted molar refractivity (Wildman–Crippen MR) is 83.5 cm³/mol. The minimum atomic E-state index is -3.83. The van der Waals surface area contributed by atoms with E-state index in [4.69, 9.17) is 29.6 Å². The molecule has 112 valence electrons. The van der Waals surface area contributed by atoms with Gasteiger partial charge in [0.15, 0.2) is 0 Å². The molecular formula is C12H17ClN2O3S2. The van der Waals surface area contributed by atoms with E-state index in [1.54, 1.807) is 6.07 Å². The van der Waals surface area contributed by atoms with Crippen LogP contribution in [-0.4, -0.2) is 42.0 Å². The van der Waals surface area contributed by atoms with Gasteiger partial charge in [0.2, 0.25) is 10.0 Å². The fraction of sp³-hybridized carbons (Fsp3) is 0.417. The van der Waals surface area contributed by atoms with Crippen LogP contribution in [0.2, 0.25) is 5.02 Å². The Morgan fingerprint density at radius 1 is 1.50 bits per heavy atom. The standard InChI is InChI=1S/C12H17ClN2O3S2/c1-12(2,16)7-15(3)20(17,18)10-6-8(11(14)19)4-5-9(10)13/h4-6,16H,7H2,1-3H3,(H2,14,19). The molecule has 0 atom stereocenters. The maximum Gasteiger partial charge on any atom is 0.244 e. The highest BCUT2D eigenvalue weighted by atomic mass is 35.5. The number of aliphatic hydroxyl groups is 1. The summed E-state index contributed by atoms with van der Waals surface area (Å²) in [6.45, 7) is 2.97. The van der Waals surface area contributed by atoms with Crippen molar-refractivity contribution in [3.05, 3.63) is 28.8 Å². The van der Waals surface area contributed by atoms with Gasteiger partial charge in [-0.3, -0.25) is 0 Å². The summed E-state index contributed by atoms with van der Waals surface area (Å²) in [4.78, 5) is -0.000487. The van der Waals surface area contributed by atoms with Gasteiger partial charge in [0.05, 0.1) is 10.6 Å². The van der Waals surface area contributed by atoms with E-state index in [0.29, 0.717) is 5.56 Å². The first-order valence-electron chi connectivity index (χ1n) is 5.73. The predicted octanol–water partition coefficient (Wildman–Crippen LogP) is 1.37.